The van der Waals surface area contributed by atoms with Gasteiger partial charge in [0, 0.05) is 7.05 Å². The van der Waals surface area contributed by atoms with E-state index in [2.05, 4.69) is 15.1 Å². The molecule has 2 aromatic heterocycles. The molecule has 2 heterocycles. The Hall–Kier alpha value is -2.13. The van der Waals surface area contributed by atoms with E-state index >= 15 is 0 Å². The number of aryl methyl sites for hydroxylation is 1. The minimum atomic E-state index is -1.26. The van der Waals surface area contributed by atoms with Gasteiger partial charge in [0.15, 0.2) is 10.9 Å². The molecule has 0 atom stereocenters. The lowest BCUT2D eigenvalue weighted by Gasteiger charge is -2.06. The standard InChI is InChI=1S/C10H7ClN4O4S/c1-15-10(13-7(16)8(17)14-15)20-5-3-2-4(11)6(12-5)9(18)19/h2-3H,1H3,(H,14,17)(H,18,19). The highest BCUT2D eigenvalue weighted by Crippen LogP contribution is 2.25. The van der Waals surface area contributed by atoms with Crippen LogP contribution in [0.3, 0.4) is 0 Å². The van der Waals surface area contributed by atoms with E-state index in [1.165, 1.54) is 23.9 Å². The Labute approximate surface area is 120 Å². The van der Waals surface area contributed by atoms with Crippen LogP contribution in [0.15, 0.2) is 31.9 Å². The van der Waals surface area contributed by atoms with Crippen molar-refractivity contribution in [1.29, 1.82) is 0 Å². The number of carboxylic acids is 1. The molecule has 0 aromatic carbocycles. The van der Waals surface area contributed by atoms with Gasteiger partial charge in [-0.1, -0.05) is 11.6 Å². The molecule has 2 aromatic rings. The van der Waals surface area contributed by atoms with Crippen LogP contribution in [0, 0.1) is 0 Å². The Kier molecular flexibility index (Phi) is 3.91. The normalized spacial score (nSPS) is 10.5. The first kappa shape index (κ1) is 14.3. The van der Waals surface area contributed by atoms with E-state index in [4.69, 9.17) is 16.7 Å². The number of carbonyl (C=O) groups is 1. The minimum Gasteiger partial charge on any atom is -0.476 e. The van der Waals surface area contributed by atoms with Crippen molar-refractivity contribution in [3.63, 3.8) is 0 Å². The fourth-order valence-electron chi connectivity index (χ4n) is 1.28. The van der Waals surface area contributed by atoms with E-state index in [1.54, 1.807) is 0 Å². The lowest BCUT2D eigenvalue weighted by atomic mass is 10.3. The highest BCUT2D eigenvalue weighted by Gasteiger charge is 2.13. The summed E-state index contributed by atoms with van der Waals surface area (Å²) in [4.78, 5) is 40.6. The summed E-state index contributed by atoms with van der Waals surface area (Å²) in [7, 11) is 1.49. The fourth-order valence-corrected chi connectivity index (χ4v) is 2.23. The maximum atomic E-state index is 11.2. The minimum absolute atomic E-state index is 0.00478. The van der Waals surface area contributed by atoms with Gasteiger partial charge in [0.05, 0.1) is 5.02 Å². The molecule has 0 saturated carbocycles. The topological polar surface area (TPSA) is 118 Å². The predicted octanol–water partition coefficient (Wildman–Crippen LogP) is 0.366. The third-order valence-corrected chi connectivity index (χ3v) is 3.46. The van der Waals surface area contributed by atoms with Crippen LogP contribution in [0.25, 0.3) is 0 Å². The van der Waals surface area contributed by atoms with Gasteiger partial charge in [-0.3, -0.25) is 19.4 Å². The molecule has 0 spiro atoms. The Bertz CT molecular complexity index is 801. The van der Waals surface area contributed by atoms with Crippen LogP contribution in [0.4, 0.5) is 0 Å². The molecule has 104 valence electrons. The number of nitrogens with zero attached hydrogens (tertiary/aromatic N) is 3. The summed E-state index contributed by atoms with van der Waals surface area (Å²) in [5, 5.41) is 11.6. The number of nitrogens with one attached hydrogen (secondary N) is 1. The van der Waals surface area contributed by atoms with Crippen LogP contribution < -0.4 is 11.1 Å². The number of halogens is 1. The molecule has 8 nitrogen and oxygen atoms in total. The number of aromatic nitrogens is 4. The fraction of sp³-hybridized carbons (Fsp3) is 0.100. The SMILES string of the molecule is Cn1[nH]c(=O)c(=O)nc1Sc1ccc(Cl)c(C(=O)O)n1. The first-order valence-corrected chi connectivity index (χ1v) is 6.33. The van der Waals surface area contributed by atoms with E-state index in [9.17, 15) is 14.4 Å². The van der Waals surface area contributed by atoms with E-state index in [-0.39, 0.29) is 20.9 Å². The molecule has 0 unspecified atom stereocenters. The number of hydrogen-bond donors (Lipinski definition) is 2. The second-order valence-corrected chi connectivity index (χ2v) is 4.98. The third kappa shape index (κ3) is 2.89. The molecule has 0 saturated heterocycles. The number of pyridine rings is 1. The van der Waals surface area contributed by atoms with Gasteiger partial charge >= 0.3 is 17.1 Å². The Morgan fingerprint density at radius 2 is 2.10 bits per heavy atom. The molecule has 20 heavy (non-hydrogen) atoms. The Balaban J connectivity index is 2.43. The lowest BCUT2D eigenvalue weighted by Crippen LogP contribution is -2.33. The summed E-state index contributed by atoms with van der Waals surface area (Å²) < 4.78 is 1.24. The highest BCUT2D eigenvalue weighted by molar-refractivity contribution is 7.99. The highest BCUT2D eigenvalue weighted by atomic mass is 35.5. The summed E-state index contributed by atoms with van der Waals surface area (Å²) >= 11 is 6.63. The van der Waals surface area contributed by atoms with Crippen molar-refractivity contribution in [3.05, 3.63) is 43.6 Å². The van der Waals surface area contributed by atoms with Gasteiger partial charge in [0.25, 0.3) is 0 Å². The number of H-pyrrole nitrogens is 1. The van der Waals surface area contributed by atoms with E-state index in [0.717, 1.165) is 11.8 Å². The van der Waals surface area contributed by atoms with Gasteiger partial charge in [-0.05, 0) is 23.9 Å². The van der Waals surface area contributed by atoms with Crippen molar-refractivity contribution in [2.45, 2.75) is 10.2 Å². The van der Waals surface area contributed by atoms with Crippen LogP contribution in [0.1, 0.15) is 10.5 Å². The zero-order chi connectivity index (χ0) is 14.9. The Morgan fingerprint density at radius 1 is 1.40 bits per heavy atom. The Morgan fingerprint density at radius 3 is 2.75 bits per heavy atom. The molecule has 0 fully saturated rings. The number of aromatic amines is 1. The zero-order valence-corrected chi connectivity index (χ0v) is 11.5. The molecular formula is C10H7ClN4O4S. The van der Waals surface area contributed by atoms with Crippen LogP contribution in [-0.2, 0) is 7.05 Å². The molecule has 0 amide bonds. The molecule has 10 heteroatoms. The number of hydrogen-bond acceptors (Lipinski definition) is 6. The van der Waals surface area contributed by atoms with Gasteiger partial charge in [-0.2, -0.15) is 4.98 Å². The van der Waals surface area contributed by atoms with Gasteiger partial charge in [-0.25, -0.2) is 9.78 Å². The molecule has 0 aliphatic carbocycles. The molecule has 0 aliphatic heterocycles. The summed E-state index contributed by atoms with van der Waals surface area (Å²) in [5.41, 5.74) is -2.07. The van der Waals surface area contributed by atoms with Crippen molar-refractivity contribution < 1.29 is 9.90 Å². The largest absolute Gasteiger partial charge is 0.476 e. The number of rotatable bonds is 3. The second-order valence-electron chi connectivity index (χ2n) is 3.59. The van der Waals surface area contributed by atoms with Gasteiger partial charge in [-0.15, -0.1) is 0 Å². The molecule has 0 bridgehead atoms. The molecule has 0 aliphatic rings. The monoisotopic (exact) mass is 314 g/mol. The van der Waals surface area contributed by atoms with E-state index in [0.29, 0.717) is 0 Å². The van der Waals surface area contributed by atoms with Crippen molar-refractivity contribution in [3.8, 4) is 0 Å². The molecule has 2 N–H and O–H groups in total. The molecule has 0 radical (unpaired) electrons. The summed E-state index contributed by atoms with van der Waals surface area (Å²) in [5.74, 6) is -1.26. The van der Waals surface area contributed by atoms with Crippen LogP contribution >= 0.6 is 23.4 Å². The van der Waals surface area contributed by atoms with Crippen molar-refractivity contribution in [1.82, 2.24) is 19.7 Å². The number of aromatic carboxylic acids is 1. The average molecular weight is 315 g/mol. The van der Waals surface area contributed by atoms with Gasteiger partial charge in [0.2, 0.25) is 0 Å². The summed E-state index contributed by atoms with van der Waals surface area (Å²) in [6, 6.07) is 2.86. The third-order valence-electron chi connectivity index (χ3n) is 2.17. The average Bonchev–Trinajstić information content (AvgIpc) is 2.37. The molecule has 2 rings (SSSR count). The van der Waals surface area contributed by atoms with E-state index in [1.807, 2.05) is 0 Å². The quantitative estimate of drug-likeness (QED) is 0.785. The second kappa shape index (κ2) is 5.47. The summed E-state index contributed by atoms with van der Waals surface area (Å²) in [6.45, 7) is 0. The first-order valence-electron chi connectivity index (χ1n) is 5.13. The zero-order valence-electron chi connectivity index (χ0n) is 9.95. The van der Waals surface area contributed by atoms with Gasteiger partial charge in [0.1, 0.15) is 5.03 Å². The number of carboxylic acid groups (broad SMARTS) is 1. The predicted molar refractivity (Wildman–Crippen MR) is 70.4 cm³/mol. The van der Waals surface area contributed by atoms with Crippen LogP contribution in [0.5, 0.6) is 0 Å². The maximum Gasteiger partial charge on any atom is 0.356 e. The van der Waals surface area contributed by atoms with Crippen molar-refractivity contribution in [2.75, 3.05) is 0 Å². The summed E-state index contributed by atoms with van der Waals surface area (Å²) in [6.07, 6.45) is 0. The van der Waals surface area contributed by atoms with Crippen molar-refractivity contribution in [2.24, 2.45) is 7.05 Å². The maximum absolute atomic E-state index is 11.2. The first-order chi connectivity index (χ1) is 9.38. The van der Waals surface area contributed by atoms with Gasteiger partial charge < -0.3 is 5.11 Å². The van der Waals surface area contributed by atoms with Crippen LogP contribution in [-0.4, -0.2) is 30.8 Å². The van der Waals surface area contributed by atoms with Crippen molar-refractivity contribution >= 4 is 29.3 Å². The van der Waals surface area contributed by atoms with E-state index < -0.39 is 17.1 Å². The molecular weight excluding hydrogens is 308 g/mol. The lowest BCUT2D eigenvalue weighted by molar-refractivity contribution is 0.0690. The smallest absolute Gasteiger partial charge is 0.356 e. The van der Waals surface area contributed by atoms with Crippen LogP contribution in [0.2, 0.25) is 5.02 Å².